The lowest BCUT2D eigenvalue weighted by Gasteiger charge is -2.02. The molecule has 2 heteroatoms. The van der Waals surface area contributed by atoms with E-state index >= 15 is 0 Å². The monoisotopic (exact) mass is 405 g/mol. The van der Waals surface area contributed by atoms with Crippen LogP contribution in [0.15, 0.2) is 72.8 Å². The Balaban J connectivity index is 0.000000406. The van der Waals surface area contributed by atoms with Crippen LogP contribution in [0.4, 0.5) is 0 Å². The van der Waals surface area contributed by atoms with Gasteiger partial charge in [-0.25, -0.2) is 0 Å². The smallest absolute Gasteiger partial charge is 0.248 e. The molecule has 0 unspecified atom stereocenters. The molecule has 0 spiro atoms. The summed E-state index contributed by atoms with van der Waals surface area (Å²) in [6.07, 6.45) is 2.28. The fourth-order valence-corrected chi connectivity index (χ4v) is 2.67. The summed E-state index contributed by atoms with van der Waals surface area (Å²) in [5.74, 6) is -0.375. The summed E-state index contributed by atoms with van der Waals surface area (Å²) in [4.78, 5) is 10.5. The van der Waals surface area contributed by atoms with Gasteiger partial charge in [-0.2, -0.15) is 0 Å². The van der Waals surface area contributed by atoms with E-state index in [1.165, 1.54) is 22.3 Å². The SMILES string of the molecule is CC.CCc1ccc(C)cc1C.CCc1ccccc1.Cc1ccc(C(N)=O)cc1. The normalized spacial score (nSPS) is 9.03. The standard InChI is InChI=1S/C10H14.C8H9NO.C8H10.C2H6/c1-4-10-6-5-8(2)7-9(10)3;1-6-2-4-7(5-3-6)8(9)10;1-2-8-6-4-3-5-7-8;1-2/h5-7H,4H2,1-3H3;2-5H,1H3,(H2,9,10);3-7H,2H2,1H3;1-2H3. The summed E-state index contributed by atoms with van der Waals surface area (Å²) < 4.78 is 0. The quantitative estimate of drug-likeness (QED) is 0.490. The van der Waals surface area contributed by atoms with E-state index in [0.717, 1.165) is 18.4 Å². The van der Waals surface area contributed by atoms with Crippen LogP contribution in [0.5, 0.6) is 0 Å². The number of aryl methyl sites for hydroxylation is 5. The second-order valence-electron chi connectivity index (χ2n) is 6.85. The number of rotatable bonds is 3. The van der Waals surface area contributed by atoms with Crippen LogP contribution in [0.3, 0.4) is 0 Å². The topological polar surface area (TPSA) is 43.1 Å². The molecule has 1 amide bonds. The number of amides is 1. The highest BCUT2D eigenvalue weighted by molar-refractivity contribution is 5.92. The van der Waals surface area contributed by atoms with Crippen LogP contribution in [0, 0.1) is 20.8 Å². The van der Waals surface area contributed by atoms with Gasteiger partial charge in [-0.1, -0.05) is 99.5 Å². The predicted molar refractivity (Wildman–Crippen MR) is 132 cm³/mol. The van der Waals surface area contributed by atoms with E-state index in [0.29, 0.717) is 5.56 Å². The number of nitrogens with two attached hydrogens (primary N) is 1. The third-order valence-corrected chi connectivity index (χ3v) is 4.47. The third-order valence-electron chi connectivity index (χ3n) is 4.47. The second kappa shape index (κ2) is 16.0. The van der Waals surface area contributed by atoms with Crippen molar-refractivity contribution in [3.05, 3.63) is 106 Å². The summed E-state index contributed by atoms with van der Waals surface area (Å²) in [6.45, 7) is 14.6. The molecule has 0 fully saturated rings. The Morgan fingerprint density at radius 1 is 0.733 bits per heavy atom. The fourth-order valence-electron chi connectivity index (χ4n) is 2.67. The molecule has 3 aromatic rings. The first-order chi connectivity index (χ1) is 14.4. The van der Waals surface area contributed by atoms with Crippen molar-refractivity contribution < 1.29 is 4.79 Å². The average Bonchev–Trinajstić information content (AvgIpc) is 2.77. The van der Waals surface area contributed by atoms with Gasteiger partial charge in [0, 0.05) is 5.56 Å². The lowest BCUT2D eigenvalue weighted by atomic mass is 10.0. The molecule has 2 N–H and O–H groups in total. The van der Waals surface area contributed by atoms with Crippen molar-refractivity contribution in [3.63, 3.8) is 0 Å². The molecule has 3 rings (SSSR count). The van der Waals surface area contributed by atoms with E-state index in [1.54, 1.807) is 12.1 Å². The molecule has 30 heavy (non-hydrogen) atoms. The molecule has 2 nitrogen and oxygen atoms in total. The van der Waals surface area contributed by atoms with Crippen LogP contribution in [-0.4, -0.2) is 5.91 Å². The Morgan fingerprint density at radius 2 is 1.27 bits per heavy atom. The zero-order chi connectivity index (χ0) is 22.9. The number of hydrogen-bond acceptors (Lipinski definition) is 1. The minimum atomic E-state index is -0.375. The van der Waals surface area contributed by atoms with Crippen LogP contribution in [-0.2, 0) is 12.8 Å². The van der Waals surface area contributed by atoms with Crippen LogP contribution in [0.2, 0.25) is 0 Å². The van der Waals surface area contributed by atoms with E-state index in [1.807, 2.05) is 39.0 Å². The number of primary amides is 1. The molecule has 162 valence electrons. The van der Waals surface area contributed by atoms with Crippen LogP contribution in [0.25, 0.3) is 0 Å². The van der Waals surface area contributed by atoms with Crippen molar-refractivity contribution in [3.8, 4) is 0 Å². The predicted octanol–water partition coefficient (Wildman–Crippen LogP) is 7.23. The van der Waals surface area contributed by atoms with Crippen molar-refractivity contribution in [1.82, 2.24) is 0 Å². The molecule has 0 aliphatic rings. The van der Waals surface area contributed by atoms with E-state index in [4.69, 9.17) is 5.73 Å². The molecule has 0 bridgehead atoms. The van der Waals surface area contributed by atoms with Gasteiger partial charge in [-0.05, 0) is 62.4 Å². The molecule has 0 atom stereocenters. The van der Waals surface area contributed by atoms with Gasteiger partial charge in [0.1, 0.15) is 0 Å². The first kappa shape index (κ1) is 27.1. The maximum Gasteiger partial charge on any atom is 0.248 e. The molecule has 3 aromatic carbocycles. The van der Waals surface area contributed by atoms with Gasteiger partial charge in [-0.3, -0.25) is 4.79 Å². The third kappa shape index (κ3) is 11.2. The molecular formula is C28H39NO. The van der Waals surface area contributed by atoms with E-state index in [9.17, 15) is 4.79 Å². The maximum atomic E-state index is 10.5. The molecule has 0 heterocycles. The second-order valence-corrected chi connectivity index (χ2v) is 6.85. The van der Waals surface area contributed by atoms with Crippen LogP contribution in [0.1, 0.15) is 65.9 Å². The van der Waals surface area contributed by atoms with Crippen molar-refractivity contribution in [2.45, 2.75) is 61.3 Å². The number of carbonyl (C=O) groups is 1. The zero-order valence-electron chi connectivity index (χ0n) is 19.8. The van der Waals surface area contributed by atoms with Crippen molar-refractivity contribution >= 4 is 5.91 Å². The highest BCUT2D eigenvalue weighted by Gasteiger charge is 1.96. The van der Waals surface area contributed by atoms with E-state index in [2.05, 4.69) is 70.2 Å². The lowest BCUT2D eigenvalue weighted by molar-refractivity contribution is 0.100. The van der Waals surface area contributed by atoms with Crippen LogP contribution < -0.4 is 5.73 Å². The van der Waals surface area contributed by atoms with E-state index < -0.39 is 0 Å². The van der Waals surface area contributed by atoms with Gasteiger partial charge in [0.15, 0.2) is 0 Å². The van der Waals surface area contributed by atoms with Crippen molar-refractivity contribution in [1.29, 1.82) is 0 Å². The molecule has 0 saturated carbocycles. The molecule has 0 aliphatic heterocycles. The first-order valence-corrected chi connectivity index (χ1v) is 10.8. The van der Waals surface area contributed by atoms with Gasteiger partial charge in [0.2, 0.25) is 5.91 Å². The highest BCUT2D eigenvalue weighted by atomic mass is 16.1. The Morgan fingerprint density at radius 3 is 1.67 bits per heavy atom. The minimum Gasteiger partial charge on any atom is -0.366 e. The van der Waals surface area contributed by atoms with Gasteiger partial charge in [0.25, 0.3) is 0 Å². The maximum absolute atomic E-state index is 10.5. The van der Waals surface area contributed by atoms with Crippen molar-refractivity contribution in [2.75, 3.05) is 0 Å². The molecule has 0 aliphatic carbocycles. The van der Waals surface area contributed by atoms with Gasteiger partial charge >= 0.3 is 0 Å². The zero-order valence-corrected chi connectivity index (χ0v) is 19.8. The summed E-state index contributed by atoms with van der Waals surface area (Å²) in [7, 11) is 0. The Labute approximate surface area is 184 Å². The van der Waals surface area contributed by atoms with Gasteiger partial charge in [-0.15, -0.1) is 0 Å². The number of benzene rings is 3. The van der Waals surface area contributed by atoms with Gasteiger partial charge in [0.05, 0.1) is 0 Å². The highest BCUT2D eigenvalue weighted by Crippen LogP contribution is 2.10. The van der Waals surface area contributed by atoms with E-state index in [-0.39, 0.29) is 5.91 Å². The summed E-state index contributed by atoms with van der Waals surface area (Å²) in [5.41, 5.74) is 12.4. The summed E-state index contributed by atoms with van der Waals surface area (Å²) in [6, 6.07) is 24.2. The molecular weight excluding hydrogens is 366 g/mol. The van der Waals surface area contributed by atoms with Gasteiger partial charge < -0.3 is 5.73 Å². The lowest BCUT2D eigenvalue weighted by Crippen LogP contribution is -2.10. The molecule has 0 saturated heterocycles. The first-order valence-electron chi connectivity index (χ1n) is 10.8. The van der Waals surface area contributed by atoms with Crippen LogP contribution >= 0.6 is 0 Å². The minimum absolute atomic E-state index is 0.375. The summed E-state index contributed by atoms with van der Waals surface area (Å²) >= 11 is 0. The average molecular weight is 406 g/mol. The Hall–Kier alpha value is -2.87. The van der Waals surface area contributed by atoms with Crippen molar-refractivity contribution in [2.24, 2.45) is 5.73 Å². The number of hydrogen-bond donors (Lipinski definition) is 1. The molecule has 0 radical (unpaired) electrons. The number of carbonyl (C=O) groups excluding carboxylic acids is 1. The largest absolute Gasteiger partial charge is 0.366 e. The fraction of sp³-hybridized carbons (Fsp3) is 0.321. The molecule has 0 aromatic heterocycles. The Bertz CT molecular complexity index is 836. The summed E-state index contributed by atoms with van der Waals surface area (Å²) in [5, 5.41) is 0. The Kier molecular flexibility index (Phi) is 14.5.